The first kappa shape index (κ1) is 16.5. The van der Waals surface area contributed by atoms with Crippen molar-refractivity contribution in [2.75, 3.05) is 5.01 Å². The van der Waals surface area contributed by atoms with Gasteiger partial charge in [-0.1, -0.05) is 60.7 Å². The van der Waals surface area contributed by atoms with E-state index < -0.39 is 5.97 Å². The maximum Gasteiger partial charge on any atom is 0.335 e. The third-order valence-corrected chi connectivity index (χ3v) is 3.73. The Morgan fingerprint density at radius 3 is 2.08 bits per heavy atom. The Morgan fingerprint density at radius 1 is 0.880 bits per heavy atom. The first-order chi connectivity index (χ1) is 12.2. The summed E-state index contributed by atoms with van der Waals surface area (Å²) in [6.07, 6.45) is 1.74. The van der Waals surface area contributed by atoms with E-state index in [0.29, 0.717) is 6.54 Å². The van der Waals surface area contributed by atoms with Crippen molar-refractivity contribution in [2.24, 2.45) is 5.10 Å². The van der Waals surface area contributed by atoms with Crippen LogP contribution in [0.15, 0.2) is 90.0 Å². The molecule has 3 aromatic carbocycles. The molecule has 0 amide bonds. The molecule has 0 fully saturated rings. The van der Waals surface area contributed by atoms with E-state index in [2.05, 4.69) is 17.2 Å². The predicted molar refractivity (Wildman–Crippen MR) is 100 cm³/mol. The molecule has 0 unspecified atom stereocenters. The summed E-state index contributed by atoms with van der Waals surface area (Å²) in [6.45, 7) is 0.647. The van der Waals surface area contributed by atoms with Gasteiger partial charge in [0.15, 0.2) is 0 Å². The summed E-state index contributed by atoms with van der Waals surface area (Å²) in [5.74, 6) is -0.932. The number of carboxylic acid groups (broad SMARTS) is 1. The lowest BCUT2D eigenvalue weighted by molar-refractivity contribution is 0.0697. The van der Waals surface area contributed by atoms with E-state index in [1.165, 1.54) is 0 Å². The minimum atomic E-state index is -0.932. The highest BCUT2D eigenvalue weighted by Gasteiger charge is 2.05. The van der Waals surface area contributed by atoms with Crippen LogP contribution in [-0.4, -0.2) is 17.3 Å². The van der Waals surface area contributed by atoms with Crippen molar-refractivity contribution in [3.63, 3.8) is 0 Å². The molecule has 0 saturated heterocycles. The quantitative estimate of drug-likeness (QED) is 0.537. The van der Waals surface area contributed by atoms with Gasteiger partial charge in [-0.05, 0) is 35.4 Å². The van der Waals surface area contributed by atoms with Crippen LogP contribution in [0.2, 0.25) is 0 Å². The molecule has 0 aliphatic rings. The molecule has 0 radical (unpaired) electrons. The van der Waals surface area contributed by atoms with Crippen molar-refractivity contribution >= 4 is 17.9 Å². The third kappa shape index (κ3) is 4.54. The second kappa shape index (κ2) is 7.93. The van der Waals surface area contributed by atoms with E-state index in [9.17, 15) is 4.79 Å². The molecule has 0 saturated carbocycles. The number of carbonyl (C=O) groups is 1. The standard InChI is InChI=1S/C21H18N2O2/c24-21(25)19-13-11-17(12-14-19)15-22-23(20-9-5-2-6-10-20)16-18-7-3-1-4-8-18/h1-15H,16H2,(H,24,25)/b22-15-. The van der Waals surface area contributed by atoms with E-state index in [0.717, 1.165) is 16.8 Å². The monoisotopic (exact) mass is 330 g/mol. The Hall–Kier alpha value is -3.40. The normalized spacial score (nSPS) is 10.7. The molecule has 0 atom stereocenters. The summed E-state index contributed by atoms with van der Waals surface area (Å²) in [5, 5.41) is 15.5. The van der Waals surface area contributed by atoms with E-state index in [-0.39, 0.29) is 5.56 Å². The Morgan fingerprint density at radius 2 is 1.48 bits per heavy atom. The van der Waals surface area contributed by atoms with E-state index in [1.807, 2.05) is 53.5 Å². The topological polar surface area (TPSA) is 52.9 Å². The van der Waals surface area contributed by atoms with Crippen LogP contribution in [0.3, 0.4) is 0 Å². The molecular weight excluding hydrogens is 312 g/mol. The number of aromatic carboxylic acids is 1. The van der Waals surface area contributed by atoms with Gasteiger partial charge in [-0.15, -0.1) is 0 Å². The van der Waals surface area contributed by atoms with Crippen LogP contribution >= 0.6 is 0 Å². The van der Waals surface area contributed by atoms with Crippen molar-refractivity contribution in [3.8, 4) is 0 Å². The lowest BCUT2D eigenvalue weighted by Crippen LogP contribution is -2.16. The fourth-order valence-corrected chi connectivity index (χ4v) is 2.40. The molecule has 0 aliphatic carbocycles. The van der Waals surface area contributed by atoms with E-state index >= 15 is 0 Å². The molecule has 0 aromatic heterocycles. The summed E-state index contributed by atoms with van der Waals surface area (Å²) in [7, 11) is 0. The van der Waals surface area contributed by atoms with Crippen LogP contribution < -0.4 is 5.01 Å². The molecule has 124 valence electrons. The van der Waals surface area contributed by atoms with Gasteiger partial charge in [0.05, 0.1) is 24.0 Å². The number of hydrazone groups is 1. The Bertz CT molecular complexity index is 844. The second-order valence-electron chi connectivity index (χ2n) is 5.55. The van der Waals surface area contributed by atoms with Crippen molar-refractivity contribution in [3.05, 3.63) is 102 Å². The predicted octanol–water partition coefficient (Wildman–Crippen LogP) is 4.43. The third-order valence-electron chi connectivity index (χ3n) is 3.73. The molecule has 0 aliphatic heterocycles. The highest BCUT2D eigenvalue weighted by atomic mass is 16.4. The molecule has 4 nitrogen and oxygen atoms in total. The molecule has 1 N–H and O–H groups in total. The fraction of sp³-hybridized carbons (Fsp3) is 0.0476. The minimum Gasteiger partial charge on any atom is -0.478 e. The molecule has 0 bridgehead atoms. The van der Waals surface area contributed by atoms with Crippen LogP contribution in [0.4, 0.5) is 5.69 Å². The van der Waals surface area contributed by atoms with E-state index in [1.54, 1.807) is 30.5 Å². The lowest BCUT2D eigenvalue weighted by atomic mass is 10.1. The van der Waals surface area contributed by atoms with Crippen molar-refractivity contribution in [1.82, 2.24) is 0 Å². The lowest BCUT2D eigenvalue weighted by Gasteiger charge is -2.19. The zero-order valence-corrected chi connectivity index (χ0v) is 13.6. The number of nitrogens with zero attached hydrogens (tertiary/aromatic N) is 2. The van der Waals surface area contributed by atoms with Gasteiger partial charge in [0.2, 0.25) is 0 Å². The number of hydrogen-bond donors (Lipinski definition) is 1. The summed E-state index contributed by atoms with van der Waals surface area (Å²) in [6, 6.07) is 26.7. The zero-order valence-electron chi connectivity index (χ0n) is 13.6. The van der Waals surface area contributed by atoms with Crippen LogP contribution in [0.25, 0.3) is 0 Å². The molecule has 4 heteroatoms. The van der Waals surface area contributed by atoms with Gasteiger partial charge >= 0.3 is 5.97 Å². The summed E-state index contributed by atoms with van der Waals surface area (Å²) < 4.78 is 0. The second-order valence-corrected chi connectivity index (χ2v) is 5.55. The van der Waals surface area contributed by atoms with Gasteiger partial charge in [0.25, 0.3) is 0 Å². The molecule has 3 rings (SSSR count). The van der Waals surface area contributed by atoms with Crippen LogP contribution in [0.1, 0.15) is 21.5 Å². The van der Waals surface area contributed by atoms with Crippen molar-refractivity contribution in [1.29, 1.82) is 0 Å². The van der Waals surface area contributed by atoms with Gasteiger partial charge in [-0.25, -0.2) is 4.79 Å². The molecule has 25 heavy (non-hydrogen) atoms. The van der Waals surface area contributed by atoms with Gasteiger partial charge in [-0.3, -0.25) is 5.01 Å². The van der Waals surface area contributed by atoms with Gasteiger partial charge in [0.1, 0.15) is 0 Å². The maximum absolute atomic E-state index is 10.9. The summed E-state index contributed by atoms with van der Waals surface area (Å²) in [5.41, 5.74) is 3.26. The number of anilines is 1. The fourth-order valence-electron chi connectivity index (χ4n) is 2.40. The number of benzene rings is 3. The smallest absolute Gasteiger partial charge is 0.335 e. The number of hydrogen-bond acceptors (Lipinski definition) is 3. The van der Waals surface area contributed by atoms with Crippen LogP contribution in [0.5, 0.6) is 0 Å². The van der Waals surface area contributed by atoms with Crippen molar-refractivity contribution < 1.29 is 9.90 Å². The molecule has 0 spiro atoms. The maximum atomic E-state index is 10.9. The highest BCUT2D eigenvalue weighted by Crippen LogP contribution is 2.17. The van der Waals surface area contributed by atoms with Gasteiger partial charge < -0.3 is 5.11 Å². The number of rotatable bonds is 6. The van der Waals surface area contributed by atoms with E-state index in [4.69, 9.17) is 5.11 Å². The van der Waals surface area contributed by atoms with Crippen LogP contribution in [0, 0.1) is 0 Å². The Kier molecular flexibility index (Phi) is 5.22. The number of para-hydroxylation sites is 1. The first-order valence-corrected chi connectivity index (χ1v) is 7.96. The first-order valence-electron chi connectivity index (χ1n) is 7.96. The number of carboxylic acids is 1. The average molecular weight is 330 g/mol. The Balaban J connectivity index is 1.83. The zero-order chi connectivity index (χ0) is 17.5. The molecule has 0 heterocycles. The highest BCUT2D eigenvalue weighted by molar-refractivity contribution is 5.89. The minimum absolute atomic E-state index is 0.265. The van der Waals surface area contributed by atoms with Crippen molar-refractivity contribution in [2.45, 2.75) is 6.54 Å². The van der Waals surface area contributed by atoms with Gasteiger partial charge in [0, 0.05) is 0 Å². The van der Waals surface area contributed by atoms with Gasteiger partial charge in [-0.2, -0.15) is 5.10 Å². The van der Waals surface area contributed by atoms with Crippen LogP contribution in [-0.2, 0) is 6.54 Å². The Labute approximate surface area is 146 Å². The molecule has 3 aromatic rings. The SMILES string of the molecule is O=C(O)c1ccc(/C=N\N(Cc2ccccc2)c2ccccc2)cc1. The summed E-state index contributed by atoms with van der Waals surface area (Å²) >= 11 is 0. The average Bonchev–Trinajstić information content (AvgIpc) is 2.67. The summed E-state index contributed by atoms with van der Waals surface area (Å²) in [4.78, 5) is 10.9. The molecular formula is C21H18N2O2. The largest absolute Gasteiger partial charge is 0.478 e.